The van der Waals surface area contributed by atoms with Gasteiger partial charge in [0, 0.05) is 9.75 Å². The molecule has 0 saturated heterocycles. The van der Waals surface area contributed by atoms with Crippen LogP contribution in [-0.2, 0) is 4.65 Å². The van der Waals surface area contributed by atoms with Crippen LogP contribution in [0.2, 0.25) is 0 Å². The standard InChI is InChI=1S/C13H12BN3OS2/c1-6-7(2)20-13(16-6)12(18-14)10(5-15)11-8(3)19-9(4)17-11/h1-4H3. The highest BCUT2D eigenvalue weighted by Gasteiger charge is 2.20. The van der Waals surface area contributed by atoms with E-state index in [1.807, 2.05) is 27.7 Å². The predicted molar refractivity (Wildman–Crippen MR) is 82.4 cm³/mol. The average Bonchev–Trinajstić information content (AvgIpc) is 2.89. The summed E-state index contributed by atoms with van der Waals surface area (Å²) < 4.78 is 4.95. The Balaban J connectivity index is 2.66. The van der Waals surface area contributed by atoms with Crippen LogP contribution in [0.15, 0.2) is 0 Å². The highest BCUT2D eigenvalue weighted by atomic mass is 32.1. The molecule has 2 aromatic rings. The average molecular weight is 301 g/mol. The van der Waals surface area contributed by atoms with Crippen LogP contribution in [0.5, 0.6) is 0 Å². The summed E-state index contributed by atoms with van der Waals surface area (Å²) in [6, 6.07) is 2.14. The fraction of sp³-hybridized carbons (Fsp3) is 0.308. The summed E-state index contributed by atoms with van der Waals surface area (Å²) >= 11 is 2.98. The fourth-order valence-corrected chi connectivity index (χ4v) is 3.49. The Kier molecular flexibility index (Phi) is 4.26. The molecule has 0 unspecified atom stereocenters. The van der Waals surface area contributed by atoms with E-state index in [0.717, 1.165) is 20.5 Å². The molecule has 100 valence electrons. The van der Waals surface area contributed by atoms with Crippen molar-refractivity contribution in [3.8, 4) is 6.07 Å². The Morgan fingerprint density at radius 3 is 2.25 bits per heavy atom. The molecule has 2 aromatic heterocycles. The minimum atomic E-state index is 0.280. The Morgan fingerprint density at radius 2 is 1.85 bits per heavy atom. The largest absolute Gasteiger partial charge is 0.565 e. The molecular weight excluding hydrogens is 289 g/mol. The van der Waals surface area contributed by atoms with Crippen LogP contribution in [0, 0.1) is 39.0 Å². The summed E-state index contributed by atoms with van der Waals surface area (Å²) in [7, 11) is 5.37. The lowest BCUT2D eigenvalue weighted by Crippen LogP contribution is -1.96. The van der Waals surface area contributed by atoms with E-state index in [1.54, 1.807) is 0 Å². The minimum Gasteiger partial charge on any atom is -0.565 e. The van der Waals surface area contributed by atoms with Crippen LogP contribution < -0.4 is 0 Å². The summed E-state index contributed by atoms with van der Waals surface area (Å²) in [6.45, 7) is 7.70. The van der Waals surface area contributed by atoms with E-state index in [0.29, 0.717) is 16.3 Å². The Hall–Kier alpha value is -1.65. The molecule has 2 radical (unpaired) electrons. The first-order valence-corrected chi connectivity index (χ1v) is 7.51. The highest BCUT2D eigenvalue weighted by Crippen LogP contribution is 2.32. The molecule has 0 aliphatic heterocycles. The topological polar surface area (TPSA) is 58.8 Å². The van der Waals surface area contributed by atoms with Crippen molar-refractivity contribution in [3.05, 3.63) is 31.2 Å². The number of hydrogen-bond acceptors (Lipinski definition) is 6. The van der Waals surface area contributed by atoms with Crippen molar-refractivity contribution in [2.45, 2.75) is 27.7 Å². The molecule has 0 aromatic carbocycles. The van der Waals surface area contributed by atoms with Gasteiger partial charge in [0.05, 0.1) is 16.4 Å². The third-order valence-electron chi connectivity index (χ3n) is 2.82. The van der Waals surface area contributed by atoms with Crippen molar-refractivity contribution in [2.75, 3.05) is 0 Å². The zero-order chi connectivity index (χ0) is 14.9. The maximum atomic E-state index is 9.45. The molecule has 7 heteroatoms. The number of thiazole rings is 2. The molecule has 0 atom stereocenters. The number of aryl methyl sites for hydroxylation is 4. The zero-order valence-corrected chi connectivity index (χ0v) is 13.3. The summed E-state index contributed by atoms with van der Waals surface area (Å²) in [5, 5.41) is 10.9. The number of rotatable bonds is 3. The highest BCUT2D eigenvalue weighted by molar-refractivity contribution is 7.13. The van der Waals surface area contributed by atoms with Crippen LogP contribution in [-0.4, -0.2) is 18.0 Å². The van der Waals surface area contributed by atoms with Gasteiger partial charge in [0.25, 0.3) is 0 Å². The van der Waals surface area contributed by atoms with Gasteiger partial charge in [-0.2, -0.15) is 5.26 Å². The number of nitriles is 1. The Morgan fingerprint density at radius 1 is 1.15 bits per heavy atom. The fourth-order valence-electron chi connectivity index (χ4n) is 1.76. The molecule has 2 rings (SSSR count). The van der Waals surface area contributed by atoms with E-state index in [4.69, 9.17) is 12.7 Å². The van der Waals surface area contributed by atoms with Crippen LogP contribution in [0.25, 0.3) is 11.3 Å². The quantitative estimate of drug-likeness (QED) is 0.496. The summed E-state index contributed by atoms with van der Waals surface area (Å²) in [4.78, 5) is 10.8. The second-order valence-corrected chi connectivity index (χ2v) is 6.84. The van der Waals surface area contributed by atoms with E-state index < -0.39 is 0 Å². The second-order valence-electron chi connectivity index (χ2n) is 4.23. The zero-order valence-electron chi connectivity index (χ0n) is 11.6. The molecule has 0 bridgehead atoms. The first-order valence-electron chi connectivity index (χ1n) is 5.87. The normalized spacial score (nSPS) is 11.9. The van der Waals surface area contributed by atoms with Crippen LogP contribution >= 0.6 is 22.7 Å². The minimum absolute atomic E-state index is 0.280. The van der Waals surface area contributed by atoms with E-state index in [2.05, 4.69) is 16.0 Å². The monoisotopic (exact) mass is 301 g/mol. The SMILES string of the molecule is [B]OC(=C(C#N)c1nc(C)sc1C)c1nc(C)c(C)s1. The molecular formula is C13H12BN3OS2. The Bertz CT molecular complexity index is 705. The van der Waals surface area contributed by atoms with E-state index >= 15 is 0 Å². The number of hydrogen-bond donors (Lipinski definition) is 0. The molecule has 0 aliphatic carbocycles. The number of aromatic nitrogens is 2. The third kappa shape index (κ3) is 2.62. The summed E-state index contributed by atoms with van der Waals surface area (Å²) in [5.74, 6) is 0.280. The van der Waals surface area contributed by atoms with Gasteiger partial charge in [-0.15, -0.1) is 22.7 Å². The maximum absolute atomic E-state index is 9.45. The van der Waals surface area contributed by atoms with E-state index in [1.165, 1.54) is 22.7 Å². The molecule has 0 fully saturated rings. The van der Waals surface area contributed by atoms with Gasteiger partial charge >= 0.3 is 8.05 Å². The lowest BCUT2D eigenvalue weighted by atomic mass is 10.1. The molecule has 20 heavy (non-hydrogen) atoms. The smallest absolute Gasteiger partial charge is 0.374 e. The maximum Gasteiger partial charge on any atom is 0.374 e. The van der Waals surface area contributed by atoms with Gasteiger partial charge in [-0.3, -0.25) is 0 Å². The van der Waals surface area contributed by atoms with Crippen LogP contribution in [0.3, 0.4) is 0 Å². The van der Waals surface area contributed by atoms with Gasteiger partial charge in [-0.1, -0.05) is 0 Å². The summed E-state index contributed by atoms with van der Waals surface area (Å²) in [6.07, 6.45) is 0. The molecule has 0 saturated carbocycles. The van der Waals surface area contributed by atoms with Crippen LogP contribution in [0.4, 0.5) is 0 Å². The molecule has 4 nitrogen and oxygen atoms in total. The second kappa shape index (κ2) is 5.77. The first kappa shape index (κ1) is 14.8. The molecule has 0 spiro atoms. The Labute approximate surface area is 127 Å². The van der Waals surface area contributed by atoms with Crippen molar-refractivity contribution in [1.29, 1.82) is 5.26 Å². The molecule has 0 aliphatic rings. The lowest BCUT2D eigenvalue weighted by molar-refractivity contribution is 0.573. The van der Waals surface area contributed by atoms with Gasteiger partial charge in [-0.05, 0) is 27.7 Å². The molecule has 2 heterocycles. The third-order valence-corrected chi connectivity index (χ3v) is 4.78. The van der Waals surface area contributed by atoms with Crippen molar-refractivity contribution in [1.82, 2.24) is 9.97 Å². The predicted octanol–water partition coefficient (Wildman–Crippen LogP) is 3.33. The van der Waals surface area contributed by atoms with E-state index in [9.17, 15) is 5.26 Å². The lowest BCUT2D eigenvalue weighted by Gasteiger charge is -2.06. The number of allylic oxidation sites excluding steroid dienone is 1. The van der Waals surface area contributed by atoms with Gasteiger partial charge in [0.15, 0.2) is 10.8 Å². The van der Waals surface area contributed by atoms with Gasteiger partial charge in [0.2, 0.25) is 0 Å². The summed E-state index contributed by atoms with van der Waals surface area (Å²) in [5.41, 5.74) is 1.84. The first-order chi connectivity index (χ1) is 9.47. The molecule has 0 N–H and O–H groups in total. The van der Waals surface area contributed by atoms with E-state index in [-0.39, 0.29) is 5.76 Å². The molecule has 0 amide bonds. The van der Waals surface area contributed by atoms with Gasteiger partial charge < -0.3 is 4.65 Å². The van der Waals surface area contributed by atoms with Gasteiger partial charge in [-0.25, -0.2) is 9.97 Å². The van der Waals surface area contributed by atoms with Crippen molar-refractivity contribution in [2.24, 2.45) is 0 Å². The van der Waals surface area contributed by atoms with Crippen molar-refractivity contribution >= 4 is 42.1 Å². The van der Waals surface area contributed by atoms with Gasteiger partial charge in [0.1, 0.15) is 11.6 Å². The van der Waals surface area contributed by atoms with Crippen molar-refractivity contribution in [3.63, 3.8) is 0 Å². The number of nitrogens with zero attached hydrogens (tertiary/aromatic N) is 3. The van der Waals surface area contributed by atoms with Crippen molar-refractivity contribution < 1.29 is 4.65 Å². The van der Waals surface area contributed by atoms with Crippen LogP contribution in [0.1, 0.15) is 31.2 Å².